The molecule has 0 aromatic rings. The average molecular weight is 187 g/mol. The second kappa shape index (κ2) is 6.41. The molecule has 0 aromatic carbocycles. The summed E-state index contributed by atoms with van der Waals surface area (Å²) in [6.07, 6.45) is 6.99. The van der Waals surface area contributed by atoms with Gasteiger partial charge in [-0.1, -0.05) is 32.8 Å². The summed E-state index contributed by atoms with van der Waals surface area (Å²) in [4.78, 5) is 0. The first-order valence-corrected chi connectivity index (χ1v) is 5.48. The van der Waals surface area contributed by atoms with Gasteiger partial charge in [-0.25, -0.2) is 0 Å². The predicted molar refractivity (Wildman–Crippen MR) is 59.1 cm³/mol. The molecule has 0 spiro atoms. The maximum atomic E-state index is 3.63. The topological polar surface area (TPSA) is 12.0 Å². The Morgan fingerprint density at radius 2 is 2.08 bits per heavy atom. The van der Waals surface area contributed by atoms with E-state index in [0.29, 0.717) is 4.75 Å². The van der Waals surface area contributed by atoms with E-state index in [4.69, 9.17) is 0 Å². The van der Waals surface area contributed by atoms with Crippen LogP contribution in [0, 0.1) is 0 Å². The van der Waals surface area contributed by atoms with Gasteiger partial charge in [0.2, 0.25) is 0 Å². The summed E-state index contributed by atoms with van der Waals surface area (Å²) < 4.78 is 3.43. The van der Waals surface area contributed by atoms with Crippen molar-refractivity contribution in [1.29, 1.82) is 0 Å². The molecule has 0 saturated heterocycles. The molecule has 12 heavy (non-hydrogen) atoms. The van der Waals surface area contributed by atoms with Crippen LogP contribution in [0.25, 0.3) is 0 Å². The Morgan fingerprint density at radius 1 is 1.42 bits per heavy atom. The van der Waals surface area contributed by atoms with Gasteiger partial charge in [-0.3, -0.25) is 0 Å². The van der Waals surface area contributed by atoms with Gasteiger partial charge in [-0.05, 0) is 32.2 Å². The van der Waals surface area contributed by atoms with E-state index in [1.165, 1.54) is 25.7 Å². The highest BCUT2D eigenvalue weighted by Gasteiger charge is 2.16. The molecule has 0 saturated carbocycles. The maximum Gasteiger partial charge on any atom is 0.0301 e. The third-order valence-corrected chi connectivity index (χ3v) is 2.84. The van der Waals surface area contributed by atoms with Crippen LogP contribution in [0.1, 0.15) is 46.5 Å². The molecule has 0 bridgehead atoms. The van der Waals surface area contributed by atoms with Crippen molar-refractivity contribution in [2.45, 2.75) is 51.2 Å². The van der Waals surface area contributed by atoms with Crippen molar-refractivity contribution >= 4 is 11.9 Å². The normalized spacial score (nSPS) is 11.2. The van der Waals surface area contributed by atoms with Crippen molar-refractivity contribution in [1.82, 2.24) is 4.72 Å². The molecule has 0 rings (SSSR count). The van der Waals surface area contributed by atoms with E-state index in [9.17, 15) is 0 Å². The van der Waals surface area contributed by atoms with Crippen molar-refractivity contribution < 1.29 is 0 Å². The minimum absolute atomic E-state index is 0.337. The number of unbranched alkanes of at least 4 members (excludes halogenated alkanes) is 2. The number of nitrogens with one attached hydrogen (secondary N) is 1. The SMILES string of the molecule is C=CNSC(C)(C)CCCCC. The van der Waals surface area contributed by atoms with Crippen molar-refractivity contribution in [2.24, 2.45) is 0 Å². The molecule has 0 aliphatic carbocycles. The summed E-state index contributed by atoms with van der Waals surface area (Å²) in [5.41, 5.74) is 0. The van der Waals surface area contributed by atoms with Crippen LogP contribution in [0.4, 0.5) is 0 Å². The molecule has 0 radical (unpaired) electrons. The monoisotopic (exact) mass is 187 g/mol. The van der Waals surface area contributed by atoms with Crippen molar-refractivity contribution in [3.05, 3.63) is 12.8 Å². The van der Waals surface area contributed by atoms with Crippen molar-refractivity contribution in [3.8, 4) is 0 Å². The summed E-state index contributed by atoms with van der Waals surface area (Å²) in [5, 5.41) is 0. The highest BCUT2D eigenvalue weighted by molar-refractivity contribution is 7.98. The molecule has 0 amide bonds. The highest BCUT2D eigenvalue weighted by atomic mass is 32.2. The minimum Gasteiger partial charge on any atom is -0.337 e. The van der Waals surface area contributed by atoms with Crippen LogP contribution in [0.3, 0.4) is 0 Å². The Hall–Kier alpha value is -0.110. The van der Waals surface area contributed by atoms with Crippen LogP contribution in [0.5, 0.6) is 0 Å². The summed E-state index contributed by atoms with van der Waals surface area (Å²) >= 11 is 1.76. The van der Waals surface area contributed by atoms with Crippen LogP contribution in [0.2, 0.25) is 0 Å². The van der Waals surface area contributed by atoms with Gasteiger partial charge in [0.05, 0.1) is 0 Å². The summed E-state index contributed by atoms with van der Waals surface area (Å²) in [7, 11) is 0. The lowest BCUT2D eigenvalue weighted by Crippen LogP contribution is -2.18. The zero-order valence-corrected chi connectivity index (χ0v) is 9.34. The van der Waals surface area contributed by atoms with Gasteiger partial charge in [0.25, 0.3) is 0 Å². The van der Waals surface area contributed by atoms with Gasteiger partial charge in [0.1, 0.15) is 0 Å². The van der Waals surface area contributed by atoms with E-state index in [-0.39, 0.29) is 0 Å². The van der Waals surface area contributed by atoms with E-state index in [2.05, 4.69) is 32.1 Å². The largest absolute Gasteiger partial charge is 0.337 e. The first kappa shape index (κ1) is 11.9. The Morgan fingerprint density at radius 3 is 2.58 bits per heavy atom. The molecule has 72 valence electrons. The Balaban J connectivity index is 3.48. The van der Waals surface area contributed by atoms with Gasteiger partial charge < -0.3 is 4.72 Å². The number of hydrogen-bond donors (Lipinski definition) is 1. The lowest BCUT2D eigenvalue weighted by Gasteiger charge is -2.22. The van der Waals surface area contributed by atoms with Crippen molar-refractivity contribution in [2.75, 3.05) is 0 Å². The van der Waals surface area contributed by atoms with Gasteiger partial charge >= 0.3 is 0 Å². The van der Waals surface area contributed by atoms with Gasteiger partial charge in [-0.15, -0.1) is 0 Å². The van der Waals surface area contributed by atoms with E-state index in [1.807, 2.05) is 0 Å². The Bertz CT molecular complexity index is 121. The van der Waals surface area contributed by atoms with Crippen LogP contribution < -0.4 is 4.72 Å². The molecule has 0 aliphatic rings. The van der Waals surface area contributed by atoms with E-state index in [0.717, 1.165) is 0 Å². The first-order valence-electron chi connectivity index (χ1n) is 4.67. The van der Waals surface area contributed by atoms with E-state index >= 15 is 0 Å². The second-order valence-electron chi connectivity index (χ2n) is 3.64. The average Bonchev–Trinajstić information content (AvgIpc) is 2.01. The van der Waals surface area contributed by atoms with Gasteiger partial charge in [0, 0.05) is 10.9 Å². The smallest absolute Gasteiger partial charge is 0.0301 e. The van der Waals surface area contributed by atoms with Crippen molar-refractivity contribution in [3.63, 3.8) is 0 Å². The minimum atomic E-state index is 0.337. The van der Waals surface area contributed by atoms with Crippen LogP contribution in [-0.4, -0.2) is 4.75 Å². The van der Waals surface area contributed by atoms with Crippen LogP contribution >= 0.6 is 11.9 Å². The molecule has 0 unspecified atom stereocenters. The predicted octanol–water partition coefficient (Wildman–Crippen LogP) is 3.73. The summed E-state index contributed by atoms with van der Waals surface area (Å²) in [5.74, 6) is 0. The summed E-state index contributed by atoms with van der Waals surface area (Å²) in [6.45, 7) is 10.4. The highest BCUT2D eigenvalue weighted by Crippen LogP contribution is 2.27. The molecule has 0 heterocycles. The van der Waals surface area contributed by atoms with Crippen LogP contribution in [-0.2, 0) is 0 Å². The molecule has 0 aliphatic heterocycles. The Kier molecular flexibility index (Phi) is 6.35. The third kappa shape index (κ3) is 6.59. The third-order valence-electron chi connectivity index (χ3n) is 1.80. The van der Waals surface area contributed by atoms with E-state index in [1.54, 1.807) is 18.1 Å². The molecule has 2 heteroatoms. The molecular formula is C10H21NS. The fraction of sp³-hybridized carbons (Fsp3) is 0.800. The molecule has 1 nitrogen and oxygen atoms in total. The fourth-order valence-corrected chi connectivity index (χ4v) is 1.70. The number of rotatable bonds is 7. The quantitative estimate of drug-likeness (QED) is 0.481. The van der Waals surface area contributed by atoms with Gasteiger partial charge in [0.15, 0.2) is 0 Å². The van der Waals surface area contributed by atoms with E-state index < -0.39 is 0 Å². The summed E-state index contributed by atoms with van der Waals surface area (Å²) in [6, 6.07) is 0. The molecule has 0 atom stereocenters. The standard InChI is InChI=1S/C10H21NS/c1-5-7-8-9-10(3,4)12-11-6-2/h6,11H,2,5,7-9H2,1,3-4H3. The molecular weight excluding hydrogens is 166 g/mol. The zero-order valence-electron chi connectivity index (χ0n) is 8.52. The number of hydrogen-bond acceptors (Lipinski definition) is 2. The maximum absolute atomic E-state index is 3.63. The molecule has 0 fully saturated rings. The lowest BCUT2D eigenvalue weighted by molar-refractivity contribution is 0.572. The lowest BCUT2D eigenvalue weighted by atomic mass is 10.0. The Labute approximate surface area is 81.1 Å². The second-order valence-corrected chi connectivity index (χ2v) is 5.19. The fourth-order valence-electron chi connectivity index (χ4n) is 1.05. The molecule has 0 aromatic heterocycles. The molecule has 1 N–H and O–H groups in total. The van der Waals surface area contributed by atoms with Gasteiger partial charge in [-0.2, -0.15) is 0 Å². The van der Waals surface area contributed by atoms with Crippen LogP contribution in [0.15, 0.2) is 12.8 Å². The first-order chi connectivity index (χ1) is 5.62. The zero-order chi connectivity index (χ0) is 9.45.